The van der Waals surface area contributed by atoms with Gasteiger partial charge < -0.3 is 0 Å². The smallest absolute Gasteiger partial charge is 0.190 e. The maximum Gasteiger partial charge on any atom is 0.190 e. The van der Waals surface area contributed by atoms with Gasteiger partial charge >= 0.3 is 0 Å². The molecule has 1 aliphatic carbocycles. The highest BCUT2D eigenvalue weighted by Gasteiger charge is 2.29. The number of hydrogen-bond donors (Lipinski definition) is 0. The second-order valence-corrected chi connectivity index (χ2v) is 7.47. The highest BCUT2D eigenvalue weighted by atomic mass is 16.1. The summed E-state index contributed by atoms with van der Waals surface area (Å²) in [7, 11) is 0. The van der Waals surface area contributed by atoms with Crippen molar-refractivity contribution in [2.24, 2.45) is 0 Å². The monoisotopic (exact) mass is 340 g/mol. The average Bonchev–Trinajstić information content (AvgIpc) is 2.59. The van der Waals surface area contributed by atoms with E-state index >= 15 is 0 Å². The van der Waals surface area contributed by atoms with E-state index in [0.717, 1.165) is 36.0 Å². The van der Waals surface area contributed by atoms with E-state index in [4.69, 9.17) is 0 Å². The van der Waals surface area contributed by atoms with Crippen LogP contribution in [0.1, 0.15) is 103 Å². The Balaban J connectivity index is 1.95. The van der Waals surface area contributed by atoms with E-state index in [-0.39, 0.29) is 11.6 Å². The molecule has 1 aromatic carbocycles. The van der Waals surface area contributed by atoms with Gasteiger partial charge in [0.1, 0.15) is 0 Å². The number of fused-ring (bicyclic) bond motifs is 1. The molecule has 0 N–H and O–H groups in total. The van der Waals surface area contributed by atoms with Gasteiger partial charge in [-0.3, -0.25) is 9.59 Å². The lowest BCUT2D eigenvalue weighted by atomic mass is 9.81. The number of Topliss-reactive ketones (excluding diaryl/α,β-unsaturated/α-hetero) is 2. The molecule has 2 rings (SSSR count). The summed E-state index contributed by atoms with van der Waals surface area (Å²) in [6.45, 7) is 8.04. The minimum atomic E-state index is 0.0345. The lowest BCUT2D eigenvalue weighted by Gasteiger charge is -2.20. The Morgan fingerprint density at radius 2 is 1.16 bits per heavy atom. The second kappa shape index (κ2) is 9.12. The van der Waals surface area contributed by atoms with Gasteiger partial charge in [0.2, 0.25) is 0 Å². The summed E-state index contributed by atoms with van der Waals surface area (Å²) in [5.74, 6) is 0.102. The first-order valence-corrected chi connectivity index (χ1v) is 9.87. The first-order chi connectivity index (χ1) is 12.0. The van der Waals surface area contributed by atoms with Crippen LogP contribution in [0, 0.1) is 13.8 Å². The predicted molar refractivity (Wildman–Crippen MR) is 105 cm³/mol. The van der Waals surface area contributed by atoms with Crippen molar-refractivity contribution < 1.29 is 9.59 Å². The molecular formula is C23H32O2. The first kappa shape index (κ1) is 19.6. The predicted octanol–water partition coefficient (Wildman–Crippen LogP) is 6.53. The van der Waals surface area contributed by atoms with Crippen molar-refractivity contribution in [1.82, 2.24) is 0 Å². The van der Waals surface area contributed by atoms with E-state index < -0.39 is 0 Å². The van der Waals surface area contributed by atoms with Crippen LogP contribution in [0.3, 0.4) is 0 Å². The second-order valence-electron chi connectivity index (χ2n) is 7.47. The number of ketones is 2. The van der Waals surface area contributed by atoms with Crippen molar-refractivity contribution >= 4 is 11.6 Å². The van der Waals surface area contributed by atoms with Crippen molar-refractivity contribution in [2.75, 3.05) is 0 Å². The molecule has 0 atom stereocenters. The average molecular weight is 341 g/mol. The Hall–Kier alpha value is -1.70. The molecule has 0 bridgehead atoms. The SMILES string of the molecule is CCCCCCCCCCC1=C(C)C(=O)c2cc(C)c(C)cc2C1=O. The van der Waals surface area contributed by atoms with Crippen LogP contribution in [0.25, 0.3) is 0 Å². The number of rotatable bonds is 9. The Bertz CT molecular complexity index is 680. The first-order valence-electron chi connectivity index (χ1n) is 9.87. The molecule has 0 saturated heterocycles. The van der Waals surface area contributed by atoms with Crippen LogP contribution in [0.4, 0.5) is 0 Å². The minimum Gasteiger partial charge on any atom is -0.289 e. The zero-order valence-electron chi connectivity index (χ0n) is 16.3. The van der Waals surface area contributed by atoms with Gasteiger partial charge in [-0.05, 0) is 56.9 Å². The highest BCUT2D eigenvalue weighted by molar-refractivity contribution is 6.26. The molecule has 2 nitrogen and oxygen atoms in total. The molecule has 0 unspecified atom stereocenters. The number of aryl methyl sites for hydroxylation is 2. The highest BCUT2D eigenvalue weighted by Crippen LogP contribution is 2.31. The van der Waals surface area contributed by atoms with Crippen molar-refractivity contribution in [2.45, 2.75) is 85.5 Å². The molecule has 1 aliphatic rings. The fraction of sp³-hybridized carbons (Fsp3) is 0.565. The van der Waals surface area contributed by atoms with Crippen LogP contribution in [0.15, 0.2) is 23.3 Å². The van der Waals surface area contributed by atoms with Crippen LogP contribution in [-0.4, -0.2) is 11.6 Å². The van der Waals surface area contributed by atoms with Crippen LogP contribution in [-0.2, 0) is 0 Å². The third-order valence-corrected chi connectivity index (χ3v) is 5.47. The third kappa shape index (κ3) is 4.68. The van der Waals surface area contributed by atoms with Gasteiger partial charge in [0.15, 0.2) is 11.6 Å². The van der Waals surface area contributed by atoms with E-state index in [2.05, 4.69) is 6.92 Å². The molecule has 0 amide bonds. The van der Waals surface area contributed by atoms with E-state index in [1.54, 1.807) is 0 Å². The lowest BCUT2D eigenvalue weighted by molar-refractivity contribution is 0.0971. The topological polar surface area (TPSA) is 34.1 Å². The lowest BCUT2D eigenvalue weighted by Crippen LogP contribution is -2.21. The van der Waals surface area contributed by atoms with Gasteiger partial charge in [-0.15, -0.1) is 0 Å². The molecule has 25 heavy (non-hydrogen) atoms. The molecule has 0 saturated carbocycles. The van der Waals surface area contributed by atoms with Gasteiger partial charge in [0, 0.05) is 22.3 Å². The zero-order chi connectivity index (χ0) is 18.4. The van der Waals surface area contributed by atoms with Gasteiger partial charge in [-0.1, -0.05) is 51.9 Å². The largest absolute Gasteiger partial charge is 0.289 e. The molecule has 2 heteroatoms. The summed E-state index contributed by atoms with van der Waals surface area (Å²) in [6.07, 6.45) is 10.7. The summed E-state index contributed by atoms with van der Waals surface area (Å²) in [4.78, 5) is 25.5. The summed E-state index contributed by atoms with van der Waals surface area (Å²) < 4.78 is 0. The molecule has 0 aliphatic heterocycles. The van der Waals surface area contributed by atoms with Gasteiger partial charge in [0.05, 0.1) is 0 Å². The number of hydrogen-bond acceptors (Lipinski definition) is 2. The summed E-state index contributed by atoms with van der Waals surface area (Å²) >= 11 is 0. The summed E-state index contributed by atoms with van der Waals surface area (Å²) in [5, 5.41) is 0. The standard InChI is InChI=1S/C23H32O2/c1-5-6-7-8-9-10-11-12-13-19-18(4)22(24)20-14-16(2)17(3)15-21(20)23(19)25/h14-15H,5-13H2,1-4H3. The Labute approximate surface area is 152 Å². The van der Waals surface area contributed by atoms with Crippen LogP contribution >= 0.6 is 0 Å². The maximum atomic E-state index is 12.9. The normalized spacial score (nSPS) is 14.2. The summed E-state index contributed by atoms with van der Waals surface area (Å²) in [5.41, 5.74) is 4.74. The molecule has 0 fully saturated rings. The van der Waals surface area contributed by atoms with Crippen molar-refractivity contribution in [3.05, 3.63) is 45.5 Å². The molecule has 0 heterocycles. The van der Waals surface area contributed by atoms with Crippen LogP contribution in [0.5, 0.6) is 0 Å². The van der Waals surface area contributed by atoms with E-state index in [0.29, 0.717) is 16.7 Å². The van der Waals surface area contributed by atoms with Gasteiger partial charge in [0.25, 0.3) is 0 Å². The Morgan fingerprint density at radius 1 is 0.680 bits per heavy atom. The third-order valence-electron chi connectivity index (χ3n) is 5.47. The number of unbranched alkanes of at least 4 members (excludes halogenated alkanes) is 7. The zero-order valence-corrected chi connectivity index (χ0v) is 16.3. The van der Waals surface area contributed by atoms with Crippen molar-refractivity contribution in [1.29, 1.82) is 0 Å². The summed E-state index contributed by atoms with van der Waals surface area (Å²) in [6, 6.07) is 3.77. The van der Waals surface area contributed by atoms with E-state index in [9.17, 15) is 9.59 Å². The fourth-order valence-electron chi connectivity index (χ4n) is 3.60. The minimum absolute atomic E-state index is 0.0345. The van der Waals surface area contributed by atoms with E-state index in [1.807, 2.05) is 32.9 Å². The maximum absolute atomic E-state index is 12.9. The number of carbonyl (C=O) groups excluding carboxylic acids is 2. The molecule has 0 radical (unpaired) electrons. The molecule has 0 spiro atoms. The number of benzene rings is 1. The fourth-order valence-corrected chi connectivity index (χ4v) is 3.60. The Morgan fingerprint density at radius 3 is 1.72 bits per heavy atom. The quantitative estimate of drug-likeness (QED) is 0.479. The molecule has 1 aromatic rings. The van der Waals surface area contributed by atoms with Crippen LogP contribution in [0.2, 0.25) is 0 Å². The van der Waals surface area contributed by atoms with Crippen LogP contribution < -0.4 is 0 Å². The van der Waals surface area contributed by atoms with Gasteiger partial charge in [-0.2, -0.15) is 0 Å². The van der Waals surface area contributed by atoms with Gasteiger partial charge in [-0.25, -0.2) is 0 Å². The molecule has 136 valence electrons. The molecular weight excluding hydrogens is 308 g/mol. The van der Waals surface area contributed by atoms with Crippen molar-refractivity contribution in [3.8, 4) is 0 Å². The van der Waals surface area contributed by atoms with Crippen molar-refractivity contribution in [3.63, 3.8) is 0 Å². The van der Waals surface area contributed by atoms with E-state index in [1.165, 1.54) is 38.5 Å². The Kier molecular flexibility index (Phi) is 7.16. The molecule has 0 aromatic heterocycles. The number of allylic oxidation sites excluding steroid dienone is 2. The number of carbonyl (C=O) groups is 2.